The molecule has 0 radical (unpaired) electrons. The zero-order chi connectivity index (χ0) is 11.1. The van der Waals surface area contributed by atoms with Crippen LogP contribution in [0.15, 0.2) is 0 Å². The van der Waals surface area contributed by atoms with Crippen molar-refractivity contribution in [2.75, 3.05) is 6.61 Å². The molecular formula is C13H24O2. The summed E-state index contributed by atoms with van der Waals surface area (Å²) in [6, 6.07) is 0. The van der Waals surface area contributed by atoms with Crippen LogP contribution in [0.3, 0.4) is 0 Å². The van der Waals surface area contributed by atoms with Crippen LogP contribution in [-0.4, -0.2) is 12.6 Å². The summed E-state index contributed by atoms with van der Waals surface area (Å²) in [6.07, 6.45) is 8.72. The van der Waals surface area contributed by atoms with Gasteiger partial charge in [-0.1, -0.05) is 39.0 Å². The van der Waals surface area contributed by atoms with Crippen molar-refractivity contribution in [3.8, 4) is 0 Å². The first-order valence-corrected chi connectivity index (χ1v) is 6.38. The lowest BCUT2D eigenvalue weighted by molar-refractivity contribution is -0.144. The summed E-state index contributed by atoms with van der Waals surface area (Å²) in [7, 11) is 0. The summed E-state index contributed by atoms with van der Waals surface area (Å²) >= 11 is 0. The number of carbonyl (C=O) groups excluding carboxylic acids is 1. The molecule has 2 heteroatoms. The van der Waals surface area contributed by atoms with Crippen molar-refractivity contribution >= 4 is 5.97 Å². The maximum atomic E-state index is 11.3. The van der Waals surface area contributed by atoms with E-state index in [1.807, 2.05) is 6.92 Å². The maximum Gasteiger partial charge on any atom is 0.306 e. The van der Waals surface area contributed by atoms with Crippen molar-refractivity contribution in [3.05, 3.63) is 0 Å². The second kappa shape index (κ2) is 6.86. The van der Waals surface area contributed by atoms with Gasteiger partial charge in [0, 0.05) is 6.42 Å². The fourth-order valence-corrected chi connectivity index (χ4v) is 2.58. The van der Waals surface area contributed by atoms with Gasteiger partial charge in [0.05, 0.1) is 6.61 Å². The van der Waals surface area contributed by atoms with Crippen LogP contribution >= 0.6 is 0 Å². The van der Waals surface area contributed by atoms with Crippen LogP contribution in [0.2, 0.25) is 0 Å². The molecule has 1 aliphatic rings. The summed E-state index contributed by atoms with van der Waals surface area (Å²) in [5, 5.41) is 0. The summed E-state index contributed by atoms with van der Waals surface area (Å²) < 4.78 is 4.96. The van der Waals surface area contributed by atoms with Crippen molar-refractivity contribution < 1.29 is 9.53 Å². The molecule has 15 heavy (non-hydrogen) atoms. The fourth-order valence-electron chi connectivity index (χ4n) is 2.58. The van der Waals surface area contributed by atoms with Gasteiger partial charge in [-0.2, -0.15) is 0 Å². The predicted molar refractivity (Wildman–Crippen MR) is 61.6 cm³/mol. The smallest absolute Gasteiger partial charge is 0.306 e. The van der Waals surface area contributed by atoms with E-state index < -0.39 is 0 Å². The second-order valence-electron chi connectivity index (χ2n) is 4.85. The first-order chi connectivity index (χ1) is 7.22. The molecule has 0 aliphatic heterocycles. The molecule has 2 nitrogen and oxygen atoms in total. The van der Waals surface area contributed by atoms with Crippen molar-refractivity contribution in [2.45, 2.75) is 58.8 Å². The van der Waals surface area contributed by atoms with Gasteiger partial charge in [-0.05, 0) is 25.2 Å². The van der Waals surface area contributed by atoms with Crippen molar-refractivity contribution in [1.82, 2.24) is 0 Å². The molecule has 0 heterocycles. The lowest BCUT2D eigenvalue weighted by Gasteiger charge is -2.24. The average molecular weight is 212 g/mol. The quantitative estimate of drug-likeness (QED) is 0.651. The van der Waals surface area contributed by atoms with E-state index in [0.29, 0.717) is 18.9 Å². The lowest BCUT2D eigenvalue weighted by atomic mass is 9.82. The van der Waals surface area contributed by atoms with Gasteiger partial charge in [0.1, 0.15) is 0 Å². The molecule has 0 N–H and O–H groups in total. The Bertz CT molecular complexity index is 183. The Morgan fingerprint density at radius 2 is 2.00 bits per heavy atom. The molecule has 0 aromatic carbocycles. The van der Waals surface area contributed by atoms with E-state index in [2.05, 4.69) is 6.92 Å². The zero-order valence-electron chi connectivity index (χ0n) is 10.1. The number of hydrogen-bond donors (Lipinski definition) is 0. The van der Waals surface area contributed by atoms with E-state index >= 15 is 0 Å². The Labute approximate surface area is 93.4 Å². The molecule has 0 amide bonds. The molecule has 0 bridgehead atoms. The summed E-state index contributed by atoms with van der Waals surface area (Å²) in [4.78, 5) is 11.3. The van der Waals surface area contributed by atoms with E-state index in [1.165, 1.54) is 38.5 Å². The van der Waals surface area contributed by atoms with Crippen LogP contribution in [0.5, 0.6) is 0 Å². The van der Waals surface area contributed by atoms with Gasteiger partial charge in [-0.3, -0.25) is 4.79 Å². The van der Waals surface area contributed by atoms with Gasteiger partial charge >= 0.3 is 5.97 Å². The van der Waals surface area contributed by atoms with E-state index in [1.54, 1.807) is 0 Å². The van der Waals surface area contributed by atoms with Crippen LogP contribution in [0.4, 0.5) is 0 Å². The molecule has 1 saturated carbocycles. The van der Waals surface area contributed by atoms with Gasteiger partial charge in [0.15, 0.2) is 0 Å². The Morgan fingerprint density at radius 3 is 2.60 bits per heavy atom. The van der Waals surface area contributed by atoms with Crippen LogP contribution in [0, 0.1) is 11.8 Å². The average Bonchev–Trinajstić information content (AvgIpc) is 2.19. The van der Waals surface area contributed by atoms with E-state index in [-0.39, 0.29) is 5.97 Å². The van der Waals surface area contributed by atoms with E-state index in [4.69, 9.17) is 4.74 Å². The molecule has 88 valence electrons. The highest BCUT2D eigenvalue weighted by Crippen LogP contribution is 2.29. The summed E-state index contributed by atoms with van der Waals surface area (Å²) in [5.74, 6) is 1.33. The van der Waals surface area contributed by atoms with Gasteiger partial charge in [-0.25, -0.2) is 0 Å². The monoisotopic (exact) mass is 212 g/mol. The highest BCUT2D eigenvalue weighted by Gasteiger charge is 2.18. The molecule has 0 aromatic rings. The molecule has 0 saturated heterocycles. The molecule has 1 rings (SSSR count). The Hall–Kier alpha value is -0.530. The second-order valence-corrected chi connectivity index (χ2v) is 4.85. The number of hydrogen-bond acceptors (Lipinski definition) is 2. The SMILES string of the molecule is CCOC(=O)C[C@@H](C)CC1CCCCC1. The molecule has 0 spiro atoms. The Balaban J connectivity index is 2.16. The van der Waals surface area contributed by atoms with Gasteiger partial charge in [0.25, 0.3) is 0 Å². The zero-order valence-corrected chi connectivity index (χ0v) is 10.1. The van der Waals surface area contributed by atoms with Gasteiger partial charge in [0.2, 0.25) is 0 Å². The van der Waals surface area contributed by atoms with E-state index in [0.717, 1.165) is 5.92 Å². The molecule has 1 aliphatic carbocycles. The van der Waals surface area contributed by atoms with Gasteiger partial charge < -0.3 is 4.74 Å². The molecule has 0 aromatic heterocycles. The number of ether oxygens (including phenoxy) is 1. The number of carbonyl (C=O) groups is 1. The Kier molecular flexibility index (Phi) is 5.74. The van der Waals surface area contributed by atoms with Crippen LogP contribution in [0.1, 0.15) is 58.8 Å². The maximum absolute atomic E-state index is 11.3. The summed E-state index contributed by atoms with van der Waals surface area (Å²) in [5.41, 5.74) is 0. The molecule has 1 atom stereocenters. The molecule has 1 fully saturated rings. The highest BCUT2D eigenvalue weighted by molar-refractivity contribution is 5.69. The third-order valence-corrected chi connectivity index (χ3v) is 3.28. The topological polar surface area (TPSA) is 26.3 Å². The largest absolute Gasteiger partial charge is 0.466 e. The summed E-state index contributed by atoms with van der Waals surface area (Å²) in [6.45, 7) is 4.55. The number of esters is 1. The minimum absolute atomic E-state index is 0.0270. The fraction of sp³-hybridized carbons (Fsp3) is 0.923. The Morgan fingerprint density at radius 1 is 1.33 bits per heavy atom. The third-order valence-electron chi connectivity index (χ3n) is 3.28. The molecule has 0 unspecified atom stereocenters. The predicted octanol–water partition coefficient (Wildman–Crippen LogP) is 3.55. The van der Waals surface area contributed by atoms with Crippen LogP contribution in [-0.2, 0) is 9.53 Å². The standard InChI is InChI=1S/C13H24O2/c1-3-15-13(14)10-11(2)9-12-7-5-4-6-8-12/h11-12H,3-10H2,1-2H3/t11-/m0/s1. The van der Waals surface area contributed by atoms with Crippen molar-refractivity contribution in [3.63, 3.8) is 0 Å². The minimum Gasteiger partial charge on any atom is -0.466 e. The van der Waals surface area contributed by atoms with Crippen LogP contribution < -0.4 is 0 Å². The highest BCUT2D eigenvalue weighted by atomic mass is 16.5. The number of rotatable bonds is 5. The normalized spacial score (nSPS) is 19.9. The first-order valence-electron chi connectivity index (χ1n) is 6.38. The van der Waals surface area contributed by atoms with Crippen LogP contribution in [0.25, 0.3) is 0 Å². The molecular weight excluding hydrogens is 188 g/mol. The van der Waals surface area contributed by atoms with E-state index in [9.17, 15) is 4.79 Å². The first kappa shape index (κ1) is 12.5. The van der Waals surface area contributed by atoms with Crippen molar-refractivity contribution in [2.24, 2.45) is 11.8 Å². The minimum atomic E-state index is -0.0270. The van der Waals surface area contributed by atoms with Gasteiger partial charge in [-0.15, -0.1) is 0 Å². The van der Waals surface area contributed by atoms with Crippen molar-refractivity contribution in [1.29, 1.82) is 0 Å². The lowest BCUT2D eigenvalue weighted by Crippen LogP contribution is -2.14. The third kappa shape index (κ3) is 5.19.